The Morgan fingerprint density at radius 3 is 2.79 bits per heavy atom. The van der Waals surface area contributed by atoms with Crippen LogP contribution in [-0.4, -0.2) is 31.6 Å². The highest BCUT2D eigenvalue weighted by Crippen LogP contribution is 2.23. The molecule has 6 heteroatoms. The molecule has 1 aliphatic carbocycles. The lowest BCUT2D eigenvalue weighted by Crippen LogP contribution is -2.30. The van der Waals surface area contributed by atoms with Gasteiger partial charge in [0, 0.05) is 17.8 Å². The summed E-state index contributed by atoms with van der Waals surface area (Å²) >= 11 is 0. The van der Waals surface area contributed by atoms with Gasteiger partial charge in [0.1, 0.15) is 11.3 Å². The van der Waals surface area contributed by atoms with E-state index in [-0.39, 0.29) is 29.9 Å². The Morgan fingerprint density at radius 1 is 1.42 bits per heavy atom. The van der Waals surface area contributed by atoms with Crippen molar-refractivity contribution in [3.8, 4) is 5.75 Å². The second-order valence-electron chi connectivity index (χ2n) is 4.38. The molecule has 1 aromatic carbocycles. The third-order valence-electron chi connectivity index (χ3n) is 2.71. The van der Waals surface area contributed by atoms with Crippen molar-refractivity contribution in [2.75, 3.05) is 19.5 Å². The number of hydrogen-bond donors (Lipinski definition) is 2. The number of ether oxygens (including phenoxy) is 2. The lowest BCUT2D eigenvalue weighted by Gasteiger charge is -2.11. The molecule has 1 saturated carbocycles. The molecule has 2 rings (SSSR count). The number of amides is 1. The van der Waals surface area contributed by atoms with Crippen molar-refractivity contribution >= 4 is 17.6 Å². The van der Waals surface area contributed by atoms with Gasteiger partial charge in [0.05, 0.1) is 7.11 Å². The molecule has 0 atom stereocenters. The predicted octanol–water partition coefficient (Wildman–Crippen LogP) is 0.713. The molecule has 6 nitrogen and oxygen atoms in total. The van der Waals surface area contributed by atoms with E-state index in [1.54, 1.807) is 6.07 Å². The van der Waals surface area contributed by atoms with Gasteiger partial charge in [0.25, 0.3) is 5.91 Å². The van der Waals surface area contributed by atoms with Gasteiger partial charge in [-0.1, -0.05) is 0 Å². The van der Waals surface area contributed by atoms with E-state index in [1.165, 1.54) is 19.2 Å². The quantitative estimate of drug-likeness (QED) is 0.604. The number of esters is 1. The Bertz CT molecular complexity index is 497. The second kappa shape index (κ2) is 5.60. The largest absolute Gasteiger partial charge is 0.483 e. The van der Waals surface area contributed by atoms with Gasteiger partial charge in [-0.05, 0) is 25.0 Å². The van der Waals surface area contributed by atoms with Crippen LogP contribution in [-0.2, 0) is 9.53 Å². The summed E-state index contributed by atoms with van der Waals surface area (Å²) in [5, 5.41) is 2.79. The Hall–Kier alpha value is -2.24. The number of carbonyl (C=O) groups is 2. The number of nitrogens with two attached hydrogens (primary N) is 1. The molecule has 0 aromatic heterocycles. The van der Waals surface area contributed by atoms with E-state index in [1.807, 2.05) is 0 Å². The highest BCUT2D eigenvalue weighted by atomic mass is 16.5. The Morgan fingerprint density at radius 2 is 2.16 bits per heavy atom. The van der Waals surface area contributed by atoms with Crippen molar-refractivity contribution in [1.82, 2.24) is 5.32 Å². The number of nitrogens with one attached hydrogen (secondary N) is 1. The predicted molar refractivity (Wildman–Crippen MR) is 68.9 cm³/mol. The van der Waals surface area contributed by atoms with Gasteiger partial charge in [-0.25, -0.2) is 4.79 Å². The number of anilines is 1. The maximum Gasteiger partial charge on any atom is 0.341 e. The highest BCUT2D eigenvalue weighted by molar-refractivity contribution is 5.93. The summed E-state index contributed by atoms with van der Waals surface area (Å²) < 4.78 is 9.98. The molecule has 19 heavy (non-hydrogen) atoms. The summed E-state index contributed by atoms with van der Waals surface area (Å²) in [6.07, 6.45) is 2.02. The Kier molecular flexibility index (Phi) is 3.89. The minimum atomic E-state index is -0.530. The fourth-order valence-corrected chi connectivity index (χ4v) is 1.58. The average Bonchev–Trinajstić information content (AvgIpc) is 3.19. The number of methoxy groups -OCH3 is 1. The van der Waals surface area contributed by atoms with Crippen molar-refractivity contribution in [3.05, 3.63) is 23.8 Å². The fourth-order valence-electron chi connectivity index (χ4n) is 1.58. The van der Waals surface area contributed by atoms with Gasteiger partial charge in [0.15, 0.2) is 6.61 Å². The van der Waals surface area contributed by atoms with E-state index in [9.17, 15) is 9.59 Å². The van der Waals surface area contributed by atoms with Gasteiger partial charge in [-0.15, -0.1) is 0 Å². The number of benzene rings is 1. The van der Waals surface area contributed by atoms with E-state index in [0.29, 0.717) is 5.69 Å². The molecule has 0 spiro atoms. The first-order valence-electron chi connectivity index (χ1n) is 6.00. The second-order valence-corrected chi connectivity index (χ2v) is 4.38. The van der Waals surface area contributed by atoms with Gasteiger partial charge in [0.2, 0.25) is 0 Å². The number of hydrogen-bond acceptors (Lipinski definition) is 5. The lowest BCUT2D eigenvalue weighted by atomic mass is 10.2. The van der Waals surface area contributed by atoms with Crippen molar-refractivity contribution in [2.45, 2.75) is 18.9 Å². The third-order valence-corrected chi connectivity index (χ3v) is 2.71. The summed E-state index contributed by atoms with van der Waals surface area (Å²) in [4.78, 5) is 23.1. The molecule has 1 aliphatic rings. The molecule has 0 aliphatic heterocycles. The van der Waals surface area contributed by atoms with E-state index in [4.69, 9.17) is 10.5 Å². The van der Waals surface area contributed by atoms with Crippen molar-refractivity contribution in [1.29, 1.82) is 0 Å². The van der Waals surface area contributed by atoms with Gasteiger partial charge in [-0.2, -0.15) is 0 Å². The first-order valence-corrected chi connectivity index (χ1v) is 6.00. The van der Waals surface area contributed by atoms with Gasteiger partial charge < -0.3 is 20.5 Å². The number of rotatable bonds is 5. The molecule has 0 saturated heterocycles. The van der Waals surface area contributed by atoms with Crippen LogP contribution in [0, 0.1) is 0 Å². The number of nitrogen functional groups attached to an aromatic ring is 1. The maximum absolute atomic E-state index is 11.5. The minimum Gasteiger partial charge on any atom is -0.483 e. The van der Waals surface area contributed by atoms with Crippen molar-refractivity contribution in [2.24, 2.45) is 0 Å². The third kappa shape index (κ3) is 3.61. The number of carbonyl (C=O) groups excluding carboxylic acids is 2. The molecule has 0 unspecified atom stereocenters. The summed E-state index contributed by atoms with van der Waals surface area (Å²) in [6, 6.07) is 4.85. The van der Waals surface area contributed by atoms with Crippen molar-refractivity contribution in [3.63, 3.8) is 0 Å². The zero-order chi connectivity index (χ0) is 13.8. The highest BCUT2D eigenvalue weighted by Gasteiger charge is 2.23. The van der Waals surface area contributed by atoms with Gasteiger partial charge in [-0.3, -0.25) is 4.79 Å². The molecule has 1 aromatic rings. The van der Waals surface area contributed by atoms with Crippen LogP contribution in [0.25, 0.3) is 0 Å². The van der Waals surface area contributed by atoms with Crippen LogP contribution in [0.2, 0.25) is 0 Å². The minimum absolute atomic E-state index is 0.149. The normalized spacial score (nSPS) is 13.7. The lowest BCUT2D eigenvalue weighted by molar-refractivity contribution is -0.123. The van der Waals surface area contributed by atoms with Crippen LogP contribution < -0.4 is 15.8 Å². The van der Waals surface area contributed by atoms with Crippen LogP contribution in [0.5, 0.6) is 5.75 Å². The molecule has 1 amide bonds. The Labute approximate surface area is 110 Å². The first kappa shape index (κ1) is 13.2. The molecular formula is C13H16N2O4. The van der Waals surface area contributed by atoms with E-state index < -0.39 is 5.97 Å². The molecule has 0 bridgehead atoms. The van der Waals surface area contributed by atoms with Crippen LogP contribution in [0.3, 0.4) is 0 Å². The summed E-state index contributed by atoms with van der Waals surface area (Å²) in [5.74, 6) is -0.490. The summed E-state index contributed by atoms with van der Waals surface area (Å²) in [7, 11) is 1.28. The zero-order valence-electron chi connectivity index (χ0n) is 10.6. The van der Waals surface area contributed by atoms with Crippen LogP contribution in [0.4, 0.5) is 5.69 Å². The van der Waals surface area contributed by atoms with Crippen LogP contribution in [0.15, 0.2) is 18.2 Å². The van der Waals surface area contributed by atoms with Crippen LogP contribution >= 0.6 is 0 Å². The first-order chi connectivity index (χ1) is 9.10. The zero-order valence-corrected chi connectivity index (χ0v) is 10.6. The van der Waals surface area contributed by atoms with Gasteiger partial charge >= 0.3 is 5.97 Å². The standard InChI is InChI=1S/C13H16N2O4/c1-18-13(17)10-5-2-8(14)6-11(10)19-7-12(16)15-9-3-4-9/h2,5-6,9H,3-4,7,14H2,1H3,(H,15,16). The monoisotopic (exact) mass is 264 g/mol. The molecule has 1 fully saturated rings. The molecule has 0 heterocycles. The van der Waals surface area contributed by atoms with E-state index >= 15 is 0 Å². The van der Waals surface area contributed by atoms with Crippen molar-refractivity contribution < 1.29 is 19.1 Å². The molecule has 0 radical (unpaired) electrons. The SMILES string of the molecule is COC(=O)c1ccc(N)cc1OCC(=O)NC1CC1. The topological polar surface area (TPSA) is 90.7 Å². The Balaban J connectivity index is 2.02. The van der Waals surface area contributed by atoms with Crippen LogP contribution in [0.1, 0.15) is 23.2 Å². The van der Waals surface area contributed by atoms with E-state index in [0.717, 1.165) is 12.8 Å². The molecular weight excluding hydrogens is 248 g/mol. The average molecular weight is 264 g/mol. The fraction of sp³-hybridized carbons (Fsp3) is 0.385. The summed E-state index contributed by atoms with van der Waals surface area (Å²) in [6.45, 7) is -0.149. The molecule has 102 valence electrons. The summed E-state index contributed by atoms with van der Waals surface area (Å²) in [5.41, 5.74) is 6.33. The maximum atomic E-state index is 11.5. The smallest absolute Gasteiger partial charge is 0.341 e. The molecule has 3 N–H and O–H groups in total. The van der Waals surface area contributed by atoms with E-state index in [2.05, 4.69) is 10.1 Å².